The Bertz CT molecular complexity index is 437. The summed E-state index contributed by atoms with van der Waals surface area (Å²) >= 11 is 5.81. The molecule has 0 spiro atoms. The zero-order valence-electron chi connectivity index (χ0n) is 12.5. The van der Waals surface area contributed by atoms with Gasteiger partial charge in [0, 0.05) is 17.1 Å². The van der Waals surface area contributed by atoms with Crippen LogP contribution in [0, 0.1) is 5.92 Å². The molecular weight excluding hydrogens is 270 g/mol. The summed E-state index contributed by atoms with van der Waals surface area (Å²) in [6.07, 6.45) is 6.76. The minimum Gasteiger partial charge on any atom is -0.350 e. The van der Waals surface area contributed by atoms with E-state index in [1.165, 1.54) is 6.42 Å². The van der Waals surface area contributed by atoms with Gasteiger partial charge in [0.05, 0.1) is 0 Å². The van der Waals surface area contributed by atoms with E-state index in [9.17, 15) is 4.79 Å². The monoisotopic (exact) mass is 293 g/mol. The second-order valence-corrected chi connectivity index (χ2v) is 6.06. The van der Waals surface area contributed by atoms with Crippen molar-refractivity contribution < 1.29 is 4.79 Å². The Labute approximate surface area is 127 Å². The van der Waals surface area contributed by atoms with Crippen LogP contribution in [0.5, 0.6) is 0 Å². The third-order valence-electron chi connectivity index (χ3n) is 3.10. The molecule has 0 saturated carbocycles. The molecule has 0 aliphatic rings. The molecule has 2 nitrogen and oxygen atoms in total. The van der Waals surface area contributed by atoms with Crippen molar-refractivity contribution in [2.75, 3.05) is 0 Å². The van der Waals surface area contributed by atoms with E-state index in [0.717, 1.165) is 24.3 Å². The topological polar surface area (TPSA) is 29.1 Å². The Morgan fingerprint density at radius 2 is 1.85 bits per heavy atom. The van der Waals surface area contributed by atoms with Gasteiger partial charge < -0.3 is 5.32 Å². The molecule has 110 valence electrons. The number of hydrogen-bond acceptors (Lipinski definition) is 1. The van der Waals surface area contributed by atoms with Gasteiger partial charge in [-0.05, 0) is 43.0 Å². The lowest BCUT2D eigenvalue weighted by Crippen LogP contribution is -2.31. The van der Waals surface area contributed by atoms with E-state index in [-0.39, 0.29) is 11.9 Å². The summed E-state index contributed by atoms with van der Waals surface area (Å²) in [5, 5.41) is 3.68. The number of benzene rings is 1. The van der Waals surface area contributed by atoms with E-state index < -0.39 is 0 Å². The van der Waals surface area contributed by atoms with Crippen LogP contribution in [0.1, 0.15) is 45.6 Å². The van der Waals surface area contributed by atoms with Crippen molar-refractivity contribution in [1.29, 1.82) is 0 Å². The van der Waals surface area contributed by atoms with Crippen LogP contribution in [0.4, 0.5) is 0 Å². The van der Waals surface area contributed by atoms with Gasteiger partial charge in [-0.25, -0.2) is 0 Å². The van der Waals surface area contributed by atoms with Crippen molar-refractivity contribution in [1.82, 2.24) is 5.32 Å². The molecule has 0 aliphatic carbocycles. The van der Waals surface area contributed by atoms with Crippen LogP contribution < -0.4 is 5.32 Å². The van der Waals surface area contributed by atoms with Crippen molar-refractivity contribution in [3.05, 3.63) is 40.9 Å². The largest absolute Gasteiger partial charge is 0.350 e. The van der Waals surface area contributed by atoms with Gasteiger partial charge in [0.25, 0.3) is 0 Å². The van der Waals surface area contributed by atoms with E-state index in [1.807, 2.05) is 31.2 Å². The smallest absolute Gasteiger partial charge is 0.244 e. The summed E-state index contributed by atoms with van der Waals surface area (Å²) in [6, 6.07) is 7.62. The minimum absolute atomic E-state index is 0.0444. The molecule has 0 saturated heterocycles. The quantitative estimate of drug-likeness (QED) is 0.726. The Kier molecular flexibility index (Phi) is 7.38. The molecule has 1 N–H and O–H groups in total. The van der Waals surface area contributed by atoms with Crippen molar-refractivity contribution in [3.63, 3.8) is 0 Å². The second kappa shape index (κ2) is 8.80. The van der Waals surface area contributed by atoms with Gasteiger partial charge in [0.1, 0.15) is 0 Å². The summed E-state index contributed by atoms with van der Waals surface area (Å²) in [6.45, 7) is 6.49. The molecule has 20 heavy (non-hydrogen) atoms. The fourth-order valence-corrected chi connectivity index (χ4v) is 2.07. The van der Waals surface area contributed by atoms with Gasteiger partial charge >= 0.3 is 0 Å². The predicted molar refractivity (Wildman–Crippen MR) is 86.8 cm³/mol. The summed E-state index contributed by atoms with van der Waals surface area (Å²) in [7, 11) is 0. The van der Waals surface area contributed by atoms with Crippen LogP contribution in [0.3, 0.4) is 0 Å². The molecule has 1 rings (SSSR count). The van der Waals surface area contributed by atoms with Crippen LogP contribution in [0.25, 0.3) is 6.08 Å². The molecular formula is C17H24ClNO. The molecule has 1 aromatic carbocycles. The van der Waals surface area contributed by atoms with Crippen molar-refractivity contribution in [2.45, 2.75) is 46.1 Å². The number of carbonyl (C=O) groups is 1. The minimum atomic E-state index is -0.0444. The SMILES string of the molecule is CC(C)CCCC(C)NC(=O)/C=C/c1ccc(Cl)cc1. The third-order valence-corrected chi connectivity index (χ3v) is 3.36. The van der Waals surface area contributed by atoms with Gasteiger partial charge in [0.15, 0.2) is 0 Å². The number of amides is 1. The summed E-state index contributed by atoms with van der Waals surface area (Å²) in [4.78, 5) is 11.8. The van der Waals surface area contributed by atoms with Crippen molar-refractivity contribution >= 4 is 23.6 Å². The third kappa shape index (κ3) is 7.34. The summed E-state index contributed by atoms with van der Waals surface area (Å²) in [5.41, 5.74) is 0.969. The maximum atomic E-state index is 11.8. The molecule has 1 amide bonds. The first-order valence-corrected chi connectivity index (χ1v) is 7.59. The molecule has 0 bridgehead atoms. The highest BCUT2D eigenvalue weighted by atomic mass is 35.5. The van der Waals surface area contributed by atoms with Gasteiger partial charge in [-0.2, -0.15) is 0 Å². The highest BCUT2D eigenvalue weighted by Gasteiger charge is 2.05. The normalized spacial score (nSPS) is 12.8. The first-order valence-electron chi connectivity index (χ1n) is 7.21. The second-order valence-electron chi connectivity index (χ2n) is 5.62. The number of carbonyl (C=O) groups excluding carboxylic acids is 1. The van der Waals surface area contributed by atoms with Crippen LogP contribution >= 0.6 is 11.6 Å². The first kappa shape index (κ1) is 16.8. The van der Waals surface area contributed by atoms with Crippen LogP contribution in [0.2, 0.25) is 5.02 Å². The molecule has 0 aromatic heterocycles. The number of rotatable bonds is 7. The maximum Gasteiger partial charge on any atom is 0.244 e. The molecule has 3 heteroatoms. The number of nitrogens with one attached hydrogen (secondary N) is 1. The maximum absolute atomic E-state index is 11.8. The molecule has 0 heterocycles. The molecule has 1 unspecified atom stereocenters. The Balaban J connectivity index is 2.33. The Hall–Kier alpha value is -1.28. The summed E-state index contributed by atoms with van der Waals surface area (Å²) < 4.78 is 0. The number of halogens is 1. The fourth-order valence-electron chi connectivity index (χ4n) is 1.94. The van der Waals surface area contributed by atoms with E-state index >= 15 is 0 Å². The van der Waals surface area contributed by atoms with Crippen LogP contribution in [-0.4, -0.2) is 11.9 Å². The van der Waals surface area contributed by atoms with Crippen molar-refractivity contribution in [3.8, 4) is 0 Å². The van der Waals surface area contributed by atoms with Crippen LogP contribution in [-0.2, 0) is 4.79 Å². The van der Waals surface area contributed by atoms with E-state index in [4.69, 9.17) is 11.6 Å². The molecule has 0 aliphatic heterocycles. The molecule has 0 fully saturated rings. The van der Waals surface area contributed by atoms with Crippen molar-refractivity contribution in [2.24, 2.45) is 5.92 Å². The Morgan fingerprint density at radius 1 is 1.20 bits per heavy atom. The fraction of sp³-hybridized carbons (Fsp3) is 0.471. The lowest BCUT2D eigenvalue weighted by atomic mass is 10.0. The highest BCUT2D eigenvalue weighted by molar-refractivity contribution is 6.30. The Morgan fingerprint density at radius 3 is 2.45 bits per heavy atom. The molecule has 1 atom stereocenters. The average Bonchev–Trinajstić information content (AvgIpc) is 2.37. The molecule has 1 aromatic rings. The lowest BCUT2D eigenvalue weighted by molar-refractivity contribution is -0.117. The number of hydrogen-bond donors (Lipinski definition) is 1. The van der Waals surface area contributed by atoms with E-state index in [0.29, 0.717) is 5.02 Å². The van der Waals surface area contributed by atoms with E-state index in [2.05, 4.69) is 19.2 Å². The van der Waals surface area contributed by atoms with Gasteiger partial charge in [-0.1, -0.05) is 50.4 Å². The summed E-state index contributed by atoms with van der Waals surface area (Å²) in [5.74, 6) is 0.680. The lowest BCUT2D eigenvalue weighted by Gasteiger charge is -2.13. The first-order chi connectivity index (χ1) is 9.47. The molecule has 0 radical (unpaired) electrons. The zero-order valence-corrected chi connectivity index (χ0v) is 13.3. The van der Waals surface area contributed by atoms with Gasteiger partial charge in [0.2, 0.25) is 5.91 Å². The van der Waals surface area contributed by atoms with Crippen LogP contribution in [0.15, 0.2) is 30.3 Å². The average molecular weight is 294 g/mol. The van der Waals surface area contributed by atoms with Gasteiger partial charge in [-0.3, -0.25) is 4.79 Å². The predicted octanol–water partition coefficient (Wildman–Crippen LogP) is 4.68. The van der Waals surface area contributed by atoms with Gasteiger partial charge in [-0.15, -0.1) is 0 Å². The standard InChI is InChI=1S/C17H24ClNO/c1-13(2)5-4-6-14(3)19-17(20)12-9-15-7-10-16(18)11-8-15/h7-14H,4-6H2,1-3H3,(H,19,20)/b12-9+. The zero-order chi connectivity index (χ0) is 15.0. The van der Waals surface area contributed by atoms with E-state index in [1.54, 1.807) is 12.2 Å². The highest BCUT2D eigenvalue weighted by Crippen LogP contribution is 2.11.